The minimum absolute atomic E-state index is 0.117. The second kappa shape index (κ2) is 8.32. The molecule has 4 rings (SSSR count). The van der Waals surface area contributed by atoms with Crippen molar-refractivity contribution in [2.75, 3.05) is 7.11 Å². The number of carbonyl (C=O) groups is 2. The van der Waals surface area contributed by atoms with Gasteiger partial charge in [0.25, 0.3) is 0 Å². The number of ketones is 1. The van der Waals surface area contributed by atoms with Crippen LogP contribution < -0.4 is 0 Å². The molecule has 31 heavy (non-hydrogen) atoms. The van der Waals surface area contributed by atoms with Crippen LogP contribution in [-0.2, 0) is 14.3 Å². The summed E-state index contributed by atoms with van der Waals surface area (Å²) in [6.45, 7) is 9.18. The highest BCUT2D eigenvalue weighted by Gasteiger charge is 2.64. The first-order valence-corrected chi connectivity index (χ1v) is 12.6. The van der Waals surface area contributed by atoms with Crippen LogP contribution >= 0.6 is 0 Å². The first-order chi connectivity index (χ1) is 14.7. The topological polar surface area (TPSA) is 63.6 Å². The molecule has 0 radical (unpaired) electrons. The average Bonchev–Trinajstić information content (AvgIpc) is 3.10. The summed E-state index contributed by atoms with van der Waals surface area (Å²) >= 11 is 0. The molecule has 4 aliphatic carbocycles. The van der Waals surface area contributed by atoms with Gasteiger partial charge in [0.15, 0.2) is 5.78 Å². The minimum Gasteiger partial charge on any atom is -0.469 e. The summed E-state index contributed by atoms with van der Waals surface area (Å²) in [5.41, 5.74) is 1.33. The Labute approximate surface area is 188 Å². The number of fused-ring (bicyclic) bond motifs is 5. The normalized spacial score (nSPS) is 46.8. The van der Waals surface area contributed by atoms with Gasteiger partial charge in [-0.3, -0.25) is 9.59 Å². The molecule has 0 saturated heterocycles. The van der Waals surface area contributed by atoms with Crippen LogP contribution in [-0.4, -0.2) is 30.1 Å². The van der Waals surface area contributed by atoms with Crippen molar-refractivity contribution in [1.82, 2.24) is 0 Å². The number of carbonyl (C=O) groups excluding carboxylic acids is 2. The van der Waals surface area contributed by atoms with Crippen LogP contribution in [0, 0.1) is 46.3 Å². The summed E-state index contributed by atoms with van der Waals surface area (Å²) in [6.07, 6.45) is 10.4. The van der Waals surface area contributed by atoms with Crippen LogP contribution in [0.5, 0.6) is 0 Å². The lowest BCUT2D eigenvalue weighted by Crippen LogP contribution is -2.58. The van der Waals surface area contributed by atoms with E-state index in [4.69, 9.17) is 4.74 Å². The zero-order valence-corrected chi connectivity index (χ0v) is 20.2. The van der Waals surface area contributed by atoms with Gasteiger partial charge in [-0.2, -0.15) is 0 Å². The van der Waals surface area contributed by atoms with Gasteiger partial charge < -0.3 is 9.84 Å². The molecule has 4 aliphatic rings. The minimum atomic E-state index is -0.266. The maximum Gasteiger partial charge on any atom is 0.305 e. The number of aliphatic hydroxyl groups excluding tert-OH is 1. The molecule has 0 aromatic heterocycles. The monoisotopic (exact) mass is 430 g/mol. The van der Waals surface area contributed by atoms with Crippen LogP contribution in [0.2, 0.25) is 0 Å². The van der Waals surface area contributed by atoms with Gasteiger partial charge >= 0.3 is 5.97 Å². The Bertz CT molecular complexity index is 756. The van der Waals surface area contributed by atoms with Gasteiger partial charge in [-0.25, -0.2) is 0 Å². The van der Waals surface area contributed by atoms with E-state index in [0.717, 1.165) is 44.1 Å². The highest BCUT2D eigenvalue weighted by atomic mass is 16.5. The third-order valence-corrected chi connectivity index (χ3v) is 10.5. The summed E-state index contributed by atoms with van der Waals surface area (Å²) in [5, 5.41) is 10.4. The molecule has 4 saturated carbocycles. The molecule has 0 aromatic rings. The van der Waals surface area contributed by atoms with E-state index in [1.807, 2.05) is 6.92 Å². The van der Waals surface area contributed by atoms with Gasteiger partial charge in [0.1, 0.15) is 0 Å². The van der Waals surface area contributed by atoms with Crippen molar-refractivity contribution in [2.24, 2.45) is 46.3 Å². The zero-order valence-electron chi connectivity index (χ0n) is 20.2. The van der Waals surface area contributed by atoms with Crippen LogP contribution in [0.1, 0.15) is 85.5 Å². The van der Waals surface area contributed by atoms with Crippen LogP contribution in [0.25, 0.3) is 0 Å². The lowest BCUT2D eigenvalue weighted by atomic mass is 9.43. The van der Waals surface area contributed by atoms with E-state index in [0.29, 0.717) is 35.9 Å². The molecule has 0 spiro atoms. The van der Waals surface area contributed by atoms with E-state index in [2.05, 4.69) is 26.8 Å². The summed E-state index contributed by atoms with van der Waals surface area (Å²) in [5.74, 6) is 2.57. The van der Waals surface area contributed by atoms with Crippen molar-refractivity contribution in [3.05, 3.63) is 11.6 Å². The Balaban J connectivity index is 1.61. The van der Waals surface area contributed by atoms with E-state index >= 15 is 0 Å². The van der Waals surface area contributed by atoms with Crippen molar-refractivity contribution in [3.8, 4) is 0 Å². The fourth-order valence-corrected chi connectivity index (χ4v) is 8.81. The SMILES string of the molecule is C/C=C1\C(=O)[C@H]2C3CC[C@H]([C@H](C)CCC(=O)OC)[C@@]3(C)CCC2[C@@]2(C)CC[C@@H](O)C[C@@H]12. The number of Topliss-reactive ketones (excluding diaryl/α,β-unsaturated/α-hetero) is 1. The molecule has 0 bridgehead atoms. The fraction of sp³-hybridized carbons (Fsp3) is 0.852. The zero-order chi connectivity index (χ0) is 22.6. The molecule has 0 heterocycles. The molecule has 0 aromatic carbocycles. The maximum absolute atomic E-state index is 13.9. The second-order valence-corrected chi connectivity index (χ2v) is 11.7. The molecule has 2 unspecified atom stereocenters. The molecule has 4 heteroatoms. The number of aliphatic hydroxyl groups is 1. The number of hydrogen-bond donors (Lipinski definition) is 1. The van der Waals surface area contributed by atoms with Crippen molar-refractivity contribution in [2.45, 2.75) is 91.6 Å². The van der Waals surface area contributed by atoms with Crippen LogP contribution in [0.3, 0.4) is 0 Å². The number of esters is 1. The number of ether oxygens (including phenoxy) is 1. The van der Waals surface area contributed by atoms with Gasteiger partial charge in [-0.15, -0.1) is 0 Å². The van der Waals surface area contributed by atoms with Crippen molar-refractivity contribution in [3.63, 3.8) is 0 Å². The highest BCUT2D eigenvalue weighted by Crippen LogP contribution is 2.68. The van der Waals surface area contributed by atoms with E-state index in [1.165, 1.54) is 20.0 Å². The Kier molecular flexibility index (Phi) is 6.17. The van der Waals surface area contributed by atoms with E-state index in [9.17, 15) is 14.7 Å². The molecule has 4 fully saturated rings. The predicted molar refractivity (Wildman–Crippen MR) is 121 cm³/mol. The number of rotatable bonds is 4. The third-order valence-electron chi connectivity index (χ3n) is 10.5. The van der Waals surface area contributed by atoms with E-state index < -0.39 is 0 Å². The van der Waals surface area contributed by atoms with Crippen LogP contribution in [0.15, 0.2) is 11.6 Å². The first-order valence-electron chi connectivity index (χ1n) is 12.6. The third kappa shape index (κ3) is 3.52. The molecular formula is C27H42O4. The Hall–Kier alpha value is -1.16. The predicted octanol–water partition coefficient (Wildman–Crippen LogP) is 5.33. The summed E-state index contributed by atoms with van der Waals surface area (Å²) < 4.78 is 4.87. The average molecular weight is 431 g/mol. The van der Waals surface area contributed by atoms with Crippen molar-refractivity contribution < 1.29 is 19.4 Å². The molecule has 4 nitrogen and oxygen atoms in total. The number of hydrogen-bond acceptors (Lipinski definition) is 4. The number of allylic oxidation sites excluding steroid dienone is 2. The van der Waals surface area contributed by atoms with Crippen molar-refractivity contribution in [1.29, 1.82) is 0 Å². The standard InChI is InChI=1S/C27H42O4/c1-6-18-22-15-17(28)11-13-27(22,4)21-12-14-26(3)19(16(2)7-10-23(29)31-5)8-9-20(26)24(21)25(18)30/h6,16-17,19-22,24,28H,7-15H2,1-5H3/b18-6-/t16-,17-,19-,20?,21?,22+,24+,26-,27-/m1/s1. The summed E-state index contributed by atoms with van der Waals surface area (Å²) in [6, 6.07) is 0. The maximum atomic E-state index is 13.9. The van der Waals surface area contributed by atoms with Gasteiger partial charge in [0, 0.05) is 12.3 Å². The second-order valence-electron chi connectivity index (χ2n) is 11.7. The molecule has 1 N–H and O–H groups in total. The quantitative estimate of drug-likeness (QED) is 0.484. The lowest BCUT2D eigenvalue weighted by molar-refractivity contribution is -0.150. The van der Waals surface area contributed by atoms with Gasteiger partial charge in [0.2, 0.25) is 0 Å². The molecule has 0 amide bonds. The van der Waals surface area contributed by atoms with Gasteiger partial charge in [0.05, 0.1) is 13.2 Å². The number of methoxy groups -OCH3 is 1. The van der Waals surface area contributed by atoms with E-state index in [-0.39, 0.29) is 34.7 Å². The Morgan fingerprint density at radius 1 is 1.16 bits per heavy atom. The first kappa shape index (κ1) is 23.0. The summed E-state index contributed by atoms with van der Waals surface area (Å²) in [4.78, 5) is 25.6. The lowest BCUT2D eigenvalue weighted by Gasteiger charge is -2.61. The molecule has 174 valence electrons. The largest absolute Gasteiger partial charge is 0.469 e. The van der Waals surface area contributed by atoms with Crippen molar-refractivity contribution >= 4 is 11.8 Å². The molecule has 9 atom stereocenters. The molecular weight excluding hydrogens is 388 g/mol. The fourth-order valence-electron chi connectivity index (χ4n) is 8.81. The Morgan fingerprint density at radius 3 is 2.52 bits per heavy atom. The van der Waals surface area contributed by atoms with Gasteiger partial charge in [-0.1, -0.05) is 26.8 Å². The van der Waals surface area contributed by atoms with E-state index in [1.54, 1.807) is 0 Å². The van der Waals surface area contributed by atoms with Gasteiger partial charge in [-0.05, 0) is 104 Å². The van der Waals surface area contributed by atoms with Crippen LogP contribution in [0.4, 0.5) is 0 Å². The smallest absolute Gasteiger partial charge is 0.305 e. The highest BCUT2D eigenvalue weighted by molar-refractivity contribution is 5.99. The summed E-state index contributed by atoms with van der Waals surface area (Å²) in [7, 11) is 1.47. The Morgan fingerprint density at radius 2 is 1.84 bits per heavy atom. The molecule has 0 aliphatic heterocycles.